The summed E-state index contributed by atoms with van der Waals surface area (Å²) in [4.78, 5) is 16.4. The minimum Gasteiger partial charge on any atom is -0.497 e. The molecule has 0 radical (unpaired) electrons. The lowest BCUT2D eigenvalue weighted by Crippen LogP contribution is -2.40. The van der Waals surface area contributed by atoms with Crippen LogP contribution in [-0.2, 0) is 24.2 Å². The van der Waals surface area contributed by atoms with Crippen molar-refractivity contribution in [1.82, 2.24) is 14.9 Å². The summed E-state index contributed by atoms with van der Waals surface area (Å²) in [5.41, 5.74) is 1.15. The Labute approximate surface area is 130 Å². The van der Waals surface area contributed by atoms with E-state index in [9.17, 15) is 4.79 Å². The van der Waals surface area contributed by atoms with Crippen molar-refractivity contribution in [3.8, 4) is 5.75 Å². The summed E-state index contributed by atoms with van der Waals surface area (Å²) < 4.78 is 7.25. The molecule has 2 heterocycles. The van der Waals surface area contributed by atoms with Crippen molar-refractivity contribution >= 4 is 5.91 Å². The van der Waals surface area contributed by atoms with Gasteiger partial charge < -0.3 is 14.6 Å². The SMILES string of the molecule is COc1ccc(CCC(=O)N[C@H]2CCc3nccn3C2)cc1. The Morgan fingerprint density at radius 3 is 3.00 bits per heavy atom. The summed E-state index contributed by atoms with van der Waals surface area (Å²) in [6.07, 6.45) is 6.95. The number of ether oxygens (including phenoxy) is 1. The monoisotopic (exact) mass is 299 g/mol. The molecule has 1 atom stereocenters. The number of fused-ring (bicyclic) bond motifs is 1. The van der Waals surface area contributed by atoms with E-state index < -0.39 is 0 Å². The smallest absolute Gasteiger partial charge is 0.220 e. The minimum atomic E-state index is 0.115. The van der Waals surface area contributed by atoms with Gasteiger partial charge in [-0.05, 0) is 30.5 Å². The van der Waals surface area contributed by atoms with Gasteiger partial charge in [-0.25, -0.2) is 4.98 Å². The number of aromatic nitrogens is 2. The number of carbonyl (C=O) groups is 1. The maximum Gasteiger partial charge on any atom is 0.220 e. The lowest BCUT2D eigenvalue weighted by molar-refractivity contribution is -0.122. The molecule has 22 heavy (non-hydrogen) atoms. The molecule has 5 nitrogen and oxygen atoms in total. The highest BCUT2D eigenvalue weighted by Gasteiger charge is 2.19. The number of nitrogens with one attached hydrogen (secondary N) is 1. The molecule has 2 aromatic rings. The first-order valence-corrected chi connectivity index (χ1v) is 7.67. The zero-order chi connectivity index (χ0) is 15.4. The second kappa shape index (κ2) is 6.64. The highest BCUT2D eigenvalue weighted by molar-refractivity contribution is 5.76. The van der Waals surface area contributed by atoms with E-state index in [1.165, 1.54) is 0 Å². The van der Waals surface area contributed by atoms with E-state index in [4.69, 9.17) is 4.74 Å². The molecule has 3 rings (SSSR count). The molecule has 0 unspecified atom stereocenters. The Kier molecular flexibility index (Phi) is 4.42. The lowest BCUT2D eigenvalue weighted by Gasteiger charge is -2.24. The molecule has 1 aliphatic heterocycles. The Hall–Kier alpha value is -2.30. The van der Waals surface area contributed by atoms with Gasteiger partial charge in [0.05, 0.1) is 7.11 Å². The van der Waals surface area contributed by atoms with Crippen LogP contribution in [0.1, 0.15) is 24.2 Å². The number of imidazole rings is 1. The average Bonchev–Trinajstić information content (AvgIpc) is 3.01. The van der Waals surface area contributed by atoms with Crippen LogP contribution in [0.15, 0.2) is 36.7 Å². The van der Waals surface area contributed by atoms with E-state index >= 15 is 0 Å². The zero-order valence-corrected chi connectivity index (χ0v) is 12.8. The van der Waals surface area contributed by atoms with Crippen LogP contribution < -0.4 is 10.1 Å². The molecule has 0 spiro atoms. The lowest BCUT2D eigenvalue weighted by atomic mass is 10.1. The van der Waals surface area contributed by atoms with E-state index in [2.05, 4.69) is 14.9 Å². The predicted molar refractivity (Wildman–Crippen MR) is 83.8 cm³/mol. The van der Waals surface area contributed by atoms with Crippen molar-refractivity contribution in [1.29, 1.82) is 0 Å². The molecule has 116 valence electrons. The van der Waals surface area contributed by atoms with Crippen LogP contribution in [0, 0.1) is 0 Å². The Morgan fingerprint density at radius 2 is 2.23 bits per heavy atom. The van der Waals surface area contributed by atoms with Gasteiger partial charge in [0.2, 0.25) is 5.91 Å². The third kappa shape index (κ3) is 3.47. The van der Waals surface area contributed by atoms with Crippen molar-refractivity contribution in [3.63, 3.8) is 0 Å². The minimum absolute atomic E-state index is 0.115. The molecular formula is C17H21N3O2. The van der Waals surface area contributed by atoms with Crippen molar-refractivity contribution in [3.05, 3.63) is 48.0 Å². The number of benzene rings is 1. The molecule has 5 heteroatoms. The number of amides is 1. The first-order chi connectivity index (χ1) is 10.7. The highest BCUT2D eigenvalue weighted by atomic mass is 16.5. The van der Waals surface area contributed by atoms with E-state index in [0.717, 1.165) is 42.9 Å². The van der Waals surface area contributed by atoms with Gasteiger partial charge in [0, 0.05) is 37.8 Å². The molecule has 1 amide bonds. The summed E-state index contributed by atoms with van der Waals surface area (Å²) in [5, 5.41) is 3.13. The van der Waals surface area contributed by atoms with E-state index in [1.54, 1.807) is 7.11 Å². The van der Waals surface area contributed by atoms with Gasteiger partial charge in [-0.2, -0.15) is 0 Å². The first kappa shape index (κ1) is 14.6. The number of hydrogen-bond acceptors (Lipinski definition) is 3. The second-order valence-corrected chi connectivity index (χ2v) is 5.65. The number of nitrogens with zero attached hydrogens (tertiary/aromatic N) is 2. The van der Waals surface area contributed by atoms with Crippen LogP contribution in [0.5, 0.6) is 5.75 Å². The molecule has 0 aliphatic carbocycles. The van der Waals surface area contributed by atoms with Crippen molar-refractivity contribution < 1.29 is 9.53 Å². The van der Waals surface area contributed by atoms with Gasteiger partial charge in [-0.1, -0.05) is 12.1 Å². The summed E-state index contributed by atoms with van der Waals surface area (Å²) in [5.74, 6) is 2.07. The van der Waals surface area contributed by atoms with Crippen LogP contribution >= 0.6 is 0 Å². The summed E-state index contributed by atoms with van der Waals surface area (Å²) >= 11 is 0. The van der Waals surface area contributed by atoms with Gasteiger partial charge in [0.1, 0.15) is 11.6 Å². The van der Waals surface area contributed by atoms with Gasteiger partial charge in [-0.3, -0.25) is 4.79 Å². The number of carbonyl (C=O) groups excluding carboxylic acids is 1. The Bertz CT molecular complexity index is 634. The van der Waals surface area contributed by atoms with Crippen LogP contribution in [-0.4, -0.2) is 28.6 Å². The maximum atomic E-state index is 12.1. The summed E-state index contributed by atoms with van der Waals surface area (Å²) in [7, 11) is 1.65. The fraction of sp³-hybridized carbons (Fsp3) is 0.412. The number of hydrogen-bond donors (Lipinski definition) is 1. The number of aryl methyl sites for hydroxylation is 2. The van der Waals surface area contributed by atoms with Crippen molar-refractivity contribution in [2.45, 2.75) is 38.3 Å². The average molecular weight is 299 g/mol. The number of methoxy groups -OCH3 is 1. The normalized spacial score (nSPS) is 16.9. The van der Waals surface area contributed by atoms with E-state index in [1.807, 2.05) is 36.7 Å². The summed E-state index contributed by atoms with van der Waals surface area (Å²) in [6, 6.07) is 8.07. The van der Waals surface area contributed by atoms with Gasteiger partial charge in [0.25, 0.3) is 0 Å². The zero-order valence-electron chi connectivity index (χ0n) is 12.8. The van der Waals surface area contributed by atoms with Crippen LogP contribution in [0.2, 0.25) is 0 Å². The maximum absolute atomic E-state index is 12.1. The third-order valence-electron chi connectivity index (χ3n) is 4.10. The largest absolute Gasteiger partial charge is 0.497 e. The summed E-state index contributed by atoms with van der Waals surface area (Å²) in [6.45, 7) is 0.823. The standard InChI is InChI=1S/C17H21N3O2/c1-22-15-6-2-13(3-7-15)4-9-17(21)19-14-5-8-16-18-10-11-20(16)12-14/h2-3,6-7,10-11,14H,4-5,8-9,12H2,1H3,(H,19,21)/t14-/m0/s1. The first-order valence-electron chi connectivity index (χ1n) is 7.67. The molecule has 1 aromatic carbocycles. The molecule has 0 saturated heterocycles. The van der Waals surface area contributed by atoms with Gasteiger partial charge in [0.15, 0.2) is 0 Å². The predicted octanol–water partition coefficient (Wildman–Crippen LogP) is 1.96. The molecule has 0 bridgehead atoms. The molecule has 1 N–H and O–H groups in total. The fourth-order valence-electron chi connectivity index (χ4n) is 2.83. The highest BCUT2D eigenvalue weighted by Crippen LogP contribution is 2.14. The van der Waals surface area contributed by atoms with E-state index in [-0.39, 0.29) is 11.9 Å². The molecule has 0 saturated carbocycles. The Balaban J connectivity index is 1.46. The van der Waals surface area contributed by atoms with Crippen LogP contribution in [0.3, 0.4) is 0 Å². The second-order valence-electron chi connectivity index (χ2n) is 5.65. The molecule has 1 aliphatic rings. The van der Waals surface area contributed by atoms with Gasteiger partial charge in [-0.15, -0.1) is 0 Å². The van der Waals surface area contributed by atoms with Gasteiger partial charge >= 0.3 is 0 Å². The fourth-order valence-corrected chi connectivity index (χ4v) is 2.83. The third-order valence-corrected chi connectivity index (χ3v) is 4.10. The molecular weight excluding hydrogens is 278 g/mol. The molecule has 0 fully saturated rings. The van der Waals surface area contributed by atoms with Crippen molar-refractivity contribution in [2.24, 2.45) is 0 Å². The number of rotatable bonds is 5. The van der Waals surface area contributed by atoms with Crippen molar-refractivity contribution in [2.75, 3.05) is 7.11 Å². The van der Waals surface area contributed by atoms with Crippen LogP contribution in [0.25, 0.3) is 0 Å². The Morgan fingerprint density at radius 1 is 1.41 bits per heavy atom. The van der Waals surface area contributed by atoms with E-state index in [0.29, 0.717) is 6.42 Å². The molecule has 1 aromatic heterocycles. The van der Waals surface area contributed by atoms with Crippen LogP contribution in [0.4, 0.5) is 0 Å². The topological polar surface area (TPSA) is 56.1 Å². The quantitative estimate of drug-likeness (QED) is 0.918.